The molecule has 2 heterocycles. The van der Waals surface area contributed by atoms with Crippen LogP contribution in [-0.2, 0) is 4.74 Å². The number of aliphatic hydroxyl groups is 3. The Balaban J connectivity index is 1.85. The molecule has 158 valence electrons. The van der Waals surface area contributed by atoms with Gasteiger partial charge in [-0.05, 0) is 24.6 Å². The summed E-state index contributed by atoms with van der Waals surface area (Å²) >= 11 is 13.2. The van der Waals surface area contributed by atoms with Gasteiger partial charge in [-0.2, -0.15) is 0 Å². The van der Waals surface area contributed by atoms with Crippen LogP contribution in [0.4, 0.5) is 0 Å². The van der Waals surface area contributed by atoms with Gasteiger partial charge >= 0.3 is 0 Å². The molecule has 1 aromatic carbocycles. The zero-order valence-electron chi connectivity index (χ0n) is 15.5. The molecule has 1 fully saturated rings. The maximum atomic E-state index is 12.1. The van der Waals surface area contributed by atoms with Crippen LogP contribution in [0.2, 0.25) is 10.0 Å². The van der Waals surface area contributed by atoms with Gasteiger partial charge in [0, 0.05) is 11.3 Å². The summed E-state index contributed by atoms with van der Waals surface area (Å²) in [4.78, 5) is 12.7. The number of carbonyl (C=O) groups excluding carboxylic acids is 1. The van der Waals surface area contributed by atoms with E-state index in [1.165, 1.54) is 22.6 Å². The van der Waals surface area contributed by atoms with Gasteiger partial charge in [-0.1, -0.05) is 47.1 Å². The van der Waals surface area contributed by atoms with E-state index in [0.29, 0.717) is 27.8 Å². The number of thioether (sulfide) groups is 1. The quantitative estimate of drug-likeness (QED) is 0.537. The highest BCUT2D eigenvalue weighted by Gasteiger charge is 2.46. The normalized spacial score (nSPS) is 27.2. The Hall–Kier alpha value is -1.20. The highest BCUT2D eigenvalue weighted by Crippen LogP contribution is 2.39. The lowest BCUT2D eigenvalue weighted by molar-refractivity contribution is -0.178. The minimum atomic E-state index is -1.25. The van der Waals surface area contributed by atoms with Gasteiger partial charge in [0.2, 0.25) is 0 Å². The number of aromatic nitrogens is 3. The lowest BCUT2D eigenvalue weighted by Gasteiger charge is -2.41. The molecule has 3 N–H and O–H groups in total. The lowest BCUT2D eigenvalue weighted by Crippen LogP contribution is -2.55. The molecule has 29 heavy (non-hydrogen) atoms. The number of ether oxygens (including phenoxy) is 1. The van der Waals surface area contributed by atoms with Crippen molar-refractivity contribution in [3.63, 3.8) is 0 Å². The monoisotopic (exact) mass is 461 g/mol. The SMILES string of the molecule is CCCC(=O)c1cn(C2C(O)[C@@H](Sc3ccc(Cl)c(Cl)c3)OC(CO)[C@@H]2O)nn1. The van der Waals surface area contributed by atoms with Crippen LogP contribution >= 0.6 is 35.0 Å². The Morgan fingerprint density at radius 1 is 1.28 bits per heavy atom. The molecule has 0 bridgehead atoms. The van der Waals surface area contributed by atoms with Crippen LogP contribution in [0, 0.1) is 0 Å². The van der Waals surface area contributed by atoms with Crippen molar-refractivity contribution in [2.24, 2.45) is 0 Å². The van der Waals surface area contributed by atoms with Crippen molar-refractivity contribution in [3.05, 3.63) is 40.1 Å². The first-order valence-corrected chi connectivity index (χ1v) is 10.7. The molecular weight excluding hydrogens is 441 g/mol. The summed E-state index contributed by atoms with van der Waals surface area (Å²) in [5.41, 5.74) is -0.677. The Morgan fingerprint density at radius 2 is 2.03 bits per heavy atom. The Kier molecular flexibility index (Phi) is 7.55. The molecule has 5 atom stereocenters. The summed E-state index contributed by atoms with van der Waals surface area (Å²) < 4.78 is 6.94. The summed E-state index contributed by atoms with van der Waals surface area (Å²) in [6.07, 6.45) is -1.02. The second-order valence-corrected chi connectivity index (χ2v) is 8.63. The van der Waals surface area contributed by atoms with Crippen LogP contribution in [0.1, 0.15) is 36.3 Å². The molecule has 0 saturated carbocycles. The van der Waals surface area contributed by atoms with Gasteiger partial charge in [0.05, 0.1) is 22.8 Å². The van der Waals surface area contributed by atoms with Crippen LogP contribution in [-0.4, -0.2) is 66.5 Å². The number of halogens is 2. The fourth-order valence-electron chi connectivity index (χ4n) is 3.07. The number of carbonyl (C=O) groups is 1. The van der Waals surface area contributed by atoms with Crippen molar-refractivity contribution in [3.8, 4) is 0 Å². The number of aliphatic hydroxyl groups excluding tert-OH is 3. The summed E-state index contributed by atoms with van der Waals surface area (Å²) in [6.45, 7) is 1.42. The van der Waals surface area contributed by atoms with Gasteiger partial charge in [0.15, 0.2) is 5.78 Å². The topological polar surface area (TPSA) is 118 Å². The minimum Gasteiger partial charge on any atom is -0.394 e. The first-order valence-electron chi connectivity index (χ1n) is 9.04. The van der Waals surface area contributed by atoms with Crippen LogP contribution in [0.5, 0.6) is 0 Å². The zero-order chi connectivity index (χ0) is 21.1. The molecule has 1 aliphatic heterocycles. The van der Waals surface area contributed by atoms with Crippen LogP contribution in [0.25, 0.3) is 0 Å². The van der Waals surface area contributed by atoms with E-state index in [-0.39, 0.29) is 11.5 Å². The smallest absolute Gasteiger partial charge is 0.184 e. The fourth-order valence-corrected chi connectivity index (χ4v) is 4.53. The van der Waals surface area contributed by atoms with Crippen molar-refractivity contribution < 1.29 is 24.9 Å². The third-order valence-corrected chi connectivity index (χ3v) is 6.46. The Labute approximate surface area is 181 Å². The highest BCUT2D eigenvalue weighted by molar-refractivity contribution is 7.99. The summed E-state index contributed by atoms with van der Waals surface area (Å²) in [5, 5.41) is 39.6. The molecule has 0 amide bonds. The summed E-state index contributed by atoms with van der Waals surface area (Å²) in [5.74, 6) is -0.171. The van der Waals surface area contributed by atoms with E-state index < -0.39 is 36.4 Å². The van der Waals surface area contributed by atoms with E-state index in [1.807, 2.05) is 6.92 Å². The van der Waals surface area contributed by atoms with Gasteiger partial charge in [-0.3, -0.25) is 4.79 Å². The van der Waals surface area contributed by atoms with Gasteiger partial charge in [0.25, 0.3) is 0 Å². The fraction of sp³-hybridized carbons (Fsp3) is 0.500. The third-order valence-electron chi connectivity index (χ3n) is 4.57. The number of hydrogen-bond acceptors (Lipinski definition) is 8. The van der Waals surface area contributed by atoms with Crippen LogP contribution < -0.4 is 0 Å². The van der Waals surface area contributed by atoms with E-state index in [1.54, 1.807) is 18.2 Å². The summed E-state index contributed by atoms with van der Waals surface area (Å²) in [7, 11) is 0. The summed E-state index contributed by atoms with van der Waals surface area (Å²) in [6, 6.07) is 4.02. The van der Waals surface area contributed by atoms with Gasteiger partial charge in [0.1, 0.15) is 35.5 Å². The Bertz CT molecular complexity index is 868. The van der Waals surface area contributed by atoms with Gasteiger partial charge < -0.3 is 20.1 Å². The lowest BCUT2D eigenvalue weighted by atomic mass is 9.97. The number of benzene rings is 1. The molecule has 3 rings (SSSR count). The average molecular weight is 462 g/mol. The number of hydrogen-bond donors (Lipinski definition) is 3. The van der Waals surface area contributed by atoms with E-state index in [9.17, 15) is 20.1 Å². The molecule has 0 aliphatic carbocycles. The van der Waals surface area contributed by atoms with Crippen molar-refractivity contribution in [1.29, 1.82) is 0 Å². The Morgan fingerprint density at radius 3 is 2.69 bits per heavy atom. The molecule has 0 radical (unpaired) electrons. The van der Waals surface area contributed by atoms with E-state index in [4.69, 9.17) is 27.9 Å². The molecule has 1 aromatic heterocycles. The molecule has 3 unspecified atom stereocenters. The molecule has 2 aromatic rings. The van der Waals surface area contributed by atoms with E-state index in [2.05, 4.69) is 10.3 Å². The second kappa shape index (κ2) is 9.74. The van der Waals surface area contributed by atoms with E-state index >= 15 is 0 Å². The molecule has 1 saturated heterocycles. The maximum absolute atomic E-state index is 12.1. The molecule has 8 nitrogen and oxygen atoms in total. The largest absolute Gasteiger partial charge is 0.394 e. The second-order valence-electron chi connectivity index (χ2n) is 6.65. The van der Waals surface area contributed by atoms with Crippen molar-refractivity contribution >= 4 is 40.7 Å². The van der Waals surface area contributed by atoms with E-state index in [0.717, 1.165) is 0 Å². The minimum absolute atomic E-state index is 0.159. The number of rotatable bonds is 7. The van der Waals surface area contributed by atoms with Crippen molar-refractivity contribution in [1.82, 2.24) is 15.0 Å². The first-order chi connectivity index (χ1) is 13.8. The molecular formula is C18H21Cl2N3O5S. The molecule has 1 aliphatic rings. The van der Waals surface area contributed by atoms with Gasteiger partial charge in [-0.25, -0.2) is 4.68 Å². The van der Waals surface area contributed by atoms with Crippen LogP contribution in [0.3, 0.4) is 0 Å². The molecule has 11 heteroatoms. The number of ketones is 1. The predicted octanol–water partition coefficient (Wildman–Crippen LogP) is 2.34. The number of Topliss-reactive ketones (excluding diaryl/α,β-unsaturated/α-hetero) is 1. The van der Waals surface area contributed by atoms with Gasteiger partial charge in [-0.15, -0.1) is 5.10 Å². The highest BCUT2D eigenvalue weighted by atomic mass is 35.5. The number of nitrogens with zero attached hydrogens (tertiary/aromatic N) is 3. The molecule has 0 spiro atoms. The average Bonchev–Trinajstić information content (AvgIpc) is 3.17. The zero-order valence-corrected chi connectivity index (χ0v) is 17.8. The predicted molar refractivity (Wildman–Crippen MR) is 108 cm³/mol. The van der Waals surface area contributed by atoms with Crippen molar-refractivity contribution in [2.75, 3.05) is 6.61 Å². The van der Waals surface area contributed by atoms with Crippen molar-refractivity contribution in [2.45, 2.75) is 54.5 Å². The van der Waals surface area contributed by atoms with Crippen LogP contribution in [0.15, 0.2) is 29.3 Å². The third kappa shape index (κ3) is 4.93. The first kappa shape index (κ1) is 22.5. The maximum Gasteiger partial charge on any atom is 0.184 e. The standard InChI is InChI=1S/C18H21Cl2N3O5S/c1-2-3-13(25)12-7-23(22-21-12)15-16(26)14(8-24)28-18(17(15)27)29-9-4-5-10(19)11(20)6-9/h4-7,14-18,24,26-27H,2-3,8H2,1H3/t14?,15?,16-,17?,18+/m0/s1.